The molecule has 0 amide bonds. The van der Waals surface area contributed by atoms with Crippen molar-refractivity contribution in [2.75, 3.05) is 0 Å². The van der Waals surface area contributed by atoms with E-state index in [1.54, 1.807) is 0 Å². The Labute approximate surface area is 167 Å². The van der Waals surface area contributed by atoms with Crippen molar-refractivity contribution in [1.82, 2.24) is 0 Å². The molecule has 0 bridgehead atoms. The van der Waals surface area contributed by atoms with Crippen LogP contribution in [0.25, 0.3) is 0 Å². The van der Waals surface area contributed by atoms with E-state index in [0.29, 0.717) is 0 Å². The predicted molar refractivity (Wildman–Crippen MR) is 78.9 cm³/mol. The molecular formula is C16H20LiO10-. The fraction of sp³-hybridized carbons (Fsp3) is 0.625. The van der Waals surface area contributed by atoms with Gasteiger partial charge in [0.25, 0.3) is 0 Å². The molecule has 6 atom stereocenters. The van der Waals surface area contributed by atoms with Crippen molar-refractivity contribution in [3.63, 3.8) is 0 Å². The summed E-state index contributed by atoms with van der Waals surface area (Å²) in [5, 5.41) is 40.9. The van der Waals surface area contributed by atoms with Crippen LogP contribution in [0.1, 0.15) is 26.7 Å². The summed E-state index contributed by atoms with van der Waals surface area (Å²) in [5.41, 5.74) is 0. The summed E-state index contributed by atoms with van der Waals surface area (Å²) in [6.07, 6.45) is -0.479. The second-order valence-corrected chi connectivity index (χ2v) is 6.01. The molecule has 11 heteroatoms. The van der Waals surface area contributed by atoms with Crippen LogP contribution in [0.3, 0.4) is 0 Å². The van der Waals surface area contributed by atoms with Gasteiger partial charge >= 0.3 is 30.8 Å². The maximum absolute atomic E-state index is 11.5. The summed E-state index contributed by atoms with van der Waals surface area (Å²) < 4.78 is 0. The molecule has 2 N–H and O–H groups in total. The molecule has 0 aromatic heterocycles. The average Bonchev–Trinajstić information content (AvgIpc) is 2.55. The van der Waals surface area contributed by atoms with E-state index in [0.717, 1.165) is 6.92 Å². The summed E-state index contributed by atoms with van der Waals surface area (Å²) in [5.74, 6) is -16.9. The van der Waals surface area contributed by atoms with E-state index in [1.165, 1.54) is 6.92 Å². The van der Waals surface area contributed by atoms with Gasteiger partial charge in [0, 0.05) is 35.6 Å². The van der Waals surface area contributed by atoms with Crippen LogP contribution >= 0.6 is 0 Å². The molecule has 0 radical (unpaired) electrons. The molecule has 146 valence electrons. The first-order chi connectivity index (χ1) is 12.0. The summed E-state index contributed by atoms with van der Waals surface area (Å²) in [4.78, 5) is 67.6. The first-order valence-corrected chi connectivity index (χ1v) is 7.81. The smallest absolute Gasteiger partial charge is 0.550 e. The molecule has 0 saturated heterocycles. The maximum Gasteiger partial charge on any atom is 1.00 e. The van der Waals surface area contributed by atoms with Gasteiger partial charge in [-0.05, 0) is 12.8 Å². The van der Waals surface area contributed by atoms with Crippen molar-refractivity contribution in [1.29, 1.82) is 0 Å². The molecule has 0 fully saturated rings. The van der Waals surface area contributed by atoms with Crippen molar-refractivity contribution in [3.05, 3.63) is 0 Å². The summed E-state index contributed by atoms with van der Waals surface area (Å²) in [7, 11) is 0. The first kappa shape index (κ1) is 27.0. The molecule has 0 heterocycles. The second-order valence-electron chi connectivity index (χ2n) is 6.01. The Hall–Kier alpha value is -2.18. The number of hydrogen-bond donors (Lipinski definition) is 2. The van der Waals surface area contributed by atoms with E-state index in [4.69, 9.17) is 0 Å². The van der Waals surface area contributed by atoms with Gasteiger partial charge in [0.15, 0.2) is 0 Å². The molecule has 0 aliphatic carbocycles. The van der Waals surface area contributed by atoms with Crippen molar-refractivity contribution < 1.29 is 68.1 Å². The summed E-state index contributed by atoms with van der Waals surface area (Å²) in [6.45, 7) is 2.43. The molecule has 0 aliphatic rings. The van der Waals surface area contributed by atoms with E-state index >= 15 is 0 Å². The van der Waals surface area contributed by atoms with Gasteiger partial charge in [0.2, 0.25) is 0 Å². The largest absolute Gasteiger partial charge is 1.00 e. The zero-order chi connectivity index (χ0) is 20.6. The van der Waals surface area contributed by atoms with Gasteiger partial charge in [-0.15, -0.1) is 0 Å². The quantitative estimate of drug-likeness (QED) is 0.231. The fourth-order valence-corrected chi connectivity index (χ4v) is 2.97. The van der Waals surface area contributed by atoms with E-state index in [-0.39, 0.29) is 37.9 Å². The molecule has 0 aromatic carbocycles. The number of aliphatic carboxylic acids is 4. The van der Waals surface area contributed by atoms with E-state index in [1.807, 2.05) is 0 Å². The summed E-state index contributed by atoms with van der Waals surface area (Å²) in [6, 6.07) is 0. The molecule has 10 nitrogen and oxygen atoms in total. The normalized spacial score (nSPS) is 17.1. The topological polar surface area (TPSA) is 189 Å². The SMILES string of the molecule is CCC(C=O)C(C(=O)O)C(CC(C=O)C(C(=O)O)C(C)C(=O)[O-])C(=O)[O-].[Li+]. The zero-order valence-corrected chi connectivity index (χ0v) is 15.2. The predicted octanol–water partition coefficient (Wildman–Crippen LogP) is -5.43. The number of carbonyl (C=O) groups excluding carboxylic acids is 4. The third-order valence-electron chi connectivity index (χ3n) is 4.49. The Morgan fingerprint density at radius 3 is 1.59 bits per heavy atom. The molecule has 27 heavy (non-hydrogen) atoms. The Morgan fingerprint density at radius 2 is 1.33 bits per heavy atom. The second kappa shape index (κ2) is 12.2. The van der Waals surface area contributed by atoms with Crippen LogP contribution in [0.15, 0.2) is 0 Å². The zero-order valence-electron chi connectivity index (χ0n) is 15.2. The van der Waals surface area contributed by atoms with Gasteiger partial charge in [0.05, 0.1) is 11.8 Å². The van der Waals surface area contributed by atoms with Crippen LogP contribution in [0.5, 0.6) is 0 Å². The minimum Gasteiger partial charge on any atom is -0.550 e. The van der Waals surface area contributed by atoms with Crippen molar-refractivity contribution >= 4 is 36.4 Å². The van der Waals surface area contributed by atoms with Gasteiger partial charge in [-0.1, -0.05) is 13.8 Å². The molecular weight excluding hydrogens is 359 g/mol. The molecule has 0 spiro atoms. The summed E-state index contributed by atoms with van der Waals surface area (Å²) >= 11 is 0. The van der Waals surface area contributed by atoms with Crippen LogP contribution < -0.4 is 29.1 Å². The Balaban J connectivity index is 0. The number of carboxylic acids is 4. The third kappa shape index (κ3) is 7.15. The van der Waals surface area contributed by atoms with Gasteiger partial charge in [-0.3, -0.25) is 9.59 Å². The number of rotatable bonds is 13. The molecule has 0 rings (SSSR count). The Bertz CT molecular complexity index is 576. The molecule has 0 saturated carbocycles. The van der Waals surface area contributed by atoms with Crippen molar-refractivity contribution in [3.8, 4) is 0 Å². The number of carbonyl (C=O) groups is 6. The maximum atomic E-state index is 11.5. The number of hydrogen-bond acceptors (Lipinski definition) is 8. The standard InChI is InChI=1S/C16H22O10.Li/c1-3-8(5-17)12(16(25)26)10(14(21)22)4-9(6-18)11(15(23)24)7(2)13(19)20;/h5-12H,3-4H2,1-2H3,(H,19,20)(H,21,22)(H,23,24)(H,25,26);/q;+1/p-2. The molecule has 0 aromatic rings. The van der Waals surface area contributed by atoms with Crippen molar-refractivity contribution in [2.45, 2.75) is 26.7 Å². The van der Waals surface area contributed by atoms with E-state index in [2.05, 4.69) is 0 Å². The Kier molecular flexibility index (Phi) is 12.3. The first-order valence-electron chi connectivity index (χ1n) is 7.81. The van der Waals surface area contributed by atoms with E-state index in [9.17, 15) is 49.2 Å². The van der Waals surface area contributed by atoms with Crippen LogP contribution in [0.4, 0.5) is 0 Å². The minimum atomic E-state index is -1.88. The van der Waals surface area contributed by atoms with E-state index < -0.39 is 65.8 Å². The van der Waals surface area contributed by atoms with Gasteiger partial charge in [0.1, 0.15) is 12.6 Å². The monoisotopic (exact) mass is 379 g/mol. The number of carboxylic acid groups (broad SMARTS) is 4. The fourth-order valence-electron chi connectivity index (χ4n) is 2.97. The average molecular weight is 379 g/mol. The number of aldehydes is 2. The molecule has 0 aliphatic heterocycles. The van der Waals surface area contributed by atoms with Gasteiger partial charge in [-0.25, -0.2) is 0 Å². The third-order valence-corrected chi connectivity index (χ3v) is 4.49. The van der Waals surface area contributed by atoms with Crippen LogP contribution in [0, 0.1) is 35.5 Å². The molecule has 6 unspecified atom stereocenters. The van der Waals surface area contributed by atoms with Gasteiger partial charge in [-0.2, -0.15) is 0 Å². The minimum absolute atomic E-state index is 0. The van der Waals surface area contributed by atoms with Crippen LogP contribution in [0.2, 0.25) is 0 Å². The van der Waals surface area contributed by atoms with Crippen molar-refractivity contribution in [2.24, 2.45) is 35.5 Å². The Morgan fingerprint density at radius 1 is 0.889 bits per heavy atom. The van der Waals surface area contributed by atoms with Crippen LogP contribution in [-0.4, -0.2) is 46.7 Å². The van der Waals surface area contributed by atoms with Crippen LogP contribution in [-0.2, 0) is 28.8 Å². The van der Waals surface area contributed by atoms with Gasteiger partial charge < -0.3 is 39.6 Å².